The number of amides is 1. The van der Waals surface area contributed by atoms with Crippen LogP contribution in [0.1, 0.15) is 47.0 Å². The molecular formula is C14H27ClN2O2. The highest BCUT2D eigenvalue weighted by molar-refractivity contribution is 5.89. The lowest BCUT2D eigenvalue weighted by Crippen LogP contribution is -2.76. The van der Waals surface area contributed by atoms with Crippen LogP contribution in [0, 0.1) is 5.41 Å². The van der Waals surface area contributed by atoms with Gasteiger partial charge in [0, 0.05) is 31.0 Å². The molecule has 1 aliphatic heterocycles. The molecule has 0 aromatic carbocycles. The minimum absolute atomic E-state index is 0. The maximum atomic E-state index is 12.7. The zero-order valence-corrected chi connectivity index (χ0v) is 13.3. The molecule has 0 spiro atoms. The maximum Gasteiger partial charge on any atom is 0.243 e. The van der Waals surface area contributed by atoms with Crippen molar-refractivity contribution >= 4 is 18.3 Å². The van der Waals surface area contributed by atoms with Gasteiger partial charge < -0.3 is 15.4 Å². The van der Waals surface area contributed by atoms with E-state index in [9.17, 15) is 4.79 Å². The smallest absolute Gasteiger partial charge is 0.243 e. The van der Waals surface area contributed by atoms with Crippen LogP contribution in [0.3, 0.4) is 0 Å². The first-order valence-corrected chi connectivity index (χ1v) is 7.06. The summed E-state index contributed by atoms with van der Waals surface area (Å²) in [6.07, 6.45) is 2.94. The van der Waals surface area contributed by atoms with E-state index in [1.807, 2.05) is 11.8 Å². The largest absolute Gasteiger partial charge is 0.378 e. The zero-order valence-electron chi connectivity index (χ0n) is 12.4. The van der Waals surface area contributed by atoms with Gasteiger partial charge in [0.25, 0.3) is 0 Å². The lowest BCUT2D eigenvalue weighted by Gasteiger charge is -2.58. The van der Waals surface area contributed by atoms with Gasteiger partial charge in [-0.25, -0.2) is 0 Å². The number of ether oxygens (including phenoxy) is 1. The highest BCUT2D eigenvalue weighted by Crippen LogP contribution is 2.51. The van der Waals surface area contributed by atoms with Crippen LogP contribution in [-0.2, 0) is 9.53 Å². The summed E-state index contributed by atoms with van der Waals surface area (Å²) in [7, 11) is 0. The molecule has 0 bridgehead atoms. The van der Waals surface area contributed by atoms with E-state index in [4.69, 9.17) is 10.5 Å². The van der Waals surface area contributed by atoms with Gasteiger partial charge in [-0.15, -0.1) is 12.4 Å². The number of hydrogen-bond acceptors (Lipinski definition) is 3. The lowest BCUT2D eigenvalue weighted by molar-refractivity contribution is -0.179. The van der Waals surface area contributed by atoms with Crippen molar-refractivity contribution < 1.29 is 9.53 Å². The normalized spacial score (nSPS) is 36.6. The summed E-state index contributed by atoms with van der Waals surface area (Å²) >= 11 is 0. The van der Waals surface area contributed by atoms with Crippen molar-refractivity contribution in [1.29, 1.82) is 0 Å². The van der Waals surface area contributed by atoms with E-state index in [2.05, 4.69) is 20.8 Å². The molecule has 0 aromatic heterocycles. The summed E-state index contributed by atoms with van der Waals surface area (Å²) in [4.78, 5) is 14.6. The summed E-state index contributed by atoms with van der Waals surface area (Å²) in [5, 5.41) is 0. The van der Waals surface area contributed by atoms with Gasteiger partial charge in [0.2, 0.25) is 5.91 Å². The van der Waals surface area contributed by atoms with E-state index in [1.54, 1.807) is 0 Å². The van der Waals surface area contributed by atoms with Gasteiger partial charge in [-0.2, -0.15) is 0 Å². The van der Waals surface area contributed by atoms with Crippen LogP contribution in [0.25, 0.3) is 0 Å². The van der Waals surface area contributed by atoms with Gasteiger partial charge >= 0.3 is 0 Å². The molecule has 1 aliphatic carbocycles. The molecular weight excluding hydrogens is 264 g/mol. The fourth-order valence-corrected chi connectivity index (χ4v) is 3.29. The van der Waals surface area contributed by atoms with E-state index in [0.29, 0.717) is 19.1 Å². The van der Waals surface area contributed by atoms with Crippen molar-refractivity contribution in [1.82, 2.24) is 4.90 Å². The minimum Gasteiger partial charge on any atom is -0.378 e. The fourth-order valence-electron chi connectivity index (χ4n) is 3.29. The van der Waals surface area contributed by atoms with Crippen molar-refractivity contribution in [3.05, 3.63) is 0 Å². The molecule has 1 amide bonds. The Morgan fingerprint density at radius 3 is 2.53 bits per heavy atom. The third-order valence-corrected chi connectivity index (χ3v) is 5.03. The van der Waals surface area contributed by atoms with Crippen LogP contribution >= 0.6 is 12.4 Å². The third kappa shape index (κ3) is 2.39. The fraction of sp³-hybridized carbons (Fsp3) is 0.929. The summed E-state index contributed by atoms with van der Waals surface area (Å²) in [5.41, 5.74) is 5.40. The van der Waals surface area contributed by atoms with Crippen LogP contribution in [-0.4, -0.2) is 41.6 Å². The molecule has 1 heterocycles. The molecule has 5 heteroatoms. The Morgan fingerprint density at radius 1 is 1.47 bits per heavy atom. The second-order valence-electron chi connectivity index (χ2n) is 6.33. The summed E-state index contributed by atoms with van der Waals surface area (Å²) in [6.45, 7) is 9.73. The maximum absolute atomic E-state index is 12.7. The summed E-state index contributed by atoms with van der Waals surface area (Å²) in [6, 6.07) is 0.333. The quantitative estimate of drug-likeness (QED) is 0.864. The van der Waals surface area contributed by atoms with E-state index in [0.717, 1.165) is 19.4 Å². The molecule has 4 nitrogen and oxygen atoms in total. The second kappa shape index (κ2) is 5.58. The number of rotatable bonds is 3. The highest BCUT2D eigenvalue weighted by atomic mass is 35.5. The first kappa shape index (κ1) is 16.7. The Hall–Kier alpha value is -0.320. The molecule has 1 saturated heterocycles. The average Bonchev–Trinajstić information content (AvgIpc) is 2.74. The topological polar surface area (TPSA) is 55.6 Å². The predicted molar refractivity (Wildman–Crippen MR) is 78.4 cm³/mol. The monoisotopic (exact) mass is 290 g/mol. The average molecular weight is 291 g/mol. The standard InChI is InChI=1S/C14H26N2O2.ClH/c1-5-18-11-9-14(15,13(11,3)4)12(17)16-8-6-7-10(16)2;/h10-11H,5-9,15H2,1-4H3;1H. The predicted octanol–water partition coefficient (Wildman–Crippen LogP) is 1.95. The molecule has 3 atom stereocenters. The molecule has 2 aliphatic rings. The van der Waals surface area contributed by atoms with Crippen molar-refractivity contribution in [2.75, 3.05) is 13.2 Å². The van der Waals surface area contributed by atoms with E-state index in [-0.39, 0.29) is 29.8 Å². The van der Waals surface area contributed by atoms with Crippen LogP contribution in [0.5, 0.6) is 0 Å². The lowest BCUT2D eigenvalue weighted by atomic mass is 9.54. The van der Waals surface area contributed by atoms with Gasteiger partial charge in [0.1, 0.15) is 5.54 Å². The number of carbonyl (C=O) groups is 1. The van der Waals surface area contributed by atoms with Gasteiger partial charge in [0.05, 0.1) is 6.10 Å². The van der Waals surface area contributed by atoms with Crippen molar-refractivity contribution in [3.63, 3.8) is 0 Å². The van der Waals surface area contributed by atoms with Gasteiger partial charge in [-0.1, -0.05) is 13.8 Å². The van der Waals surface area contributed by atoms with Crippen molar-refractivity contribution in [2.45, 2.75) is 64.6 Å². The van der Waals surface area contributed by atoms with Gasteiger partial charge in [-0.05, 0) is 26.7 Å². The number of hydrogen-bond donors (Lipinski definition) is 1. The van der Waals surface area contributed by atoms with Crippen molar-refractivity contribution in [2.24, 2.45) is 11.1 Å². The molecule has 2 fully saturated rings. The zero-order chi connectivity index (χ0) is 13.6. The molecule has 3 unspecified atom stereocenters. The van der Waals surface area contributed by atoms with E-state index in [1.165, 1.54) is 0 Å². The first-order valence-electron chi connectivity index (χ1n) is 7.06. The molecule has 0 aromatic rings. The molecule has 2 rings (SSSR count). The summed E-state index contributed by atoms with van der Waals surface area (Å²) in [5.74, 6) is 0.119. The first-order chi connectivity index (χ1) is 8.34. The molecule has 1 saturated carbocycles. The molecule has 19 heavy (non-hydrogen) atoms. The second-order valence-corrected chi connectivity index (χ2v) is 6.33. The highest BCUT2D eigenvalue weighted by Gasteiger charge is 2.64. The summed E-state index contributed by atoms with van der Waals surface area (Å²) < 4.78 is 5.68. The van der Waals surface area contributed by atoms with Crippen LogP contribution < -0.4 is 5.73 Å². The number of halogens is 1. The van der Waals surface area contributed by atoms with E-state index >= 15 is 0 Å². The molecule has 0 radical (unpaired) electrons. The Balaban J connectivity index is 0.00000180. The van der Waals surface area contributed by atoms with Gasteiger partial charge in [0.15, 0.2) is 0 Å². The van der Waals surface area contributed by atoms with E-state index < -0.39 is 5.54 Å². The number of likely N-dealkylation sites (tertiary alicyclic amines) is 1. The number of carbonyl (C=O) groups excluding carboxylic acids is 1. The third-order valence-electron chi connectivity index (χ3n) is 5.03. The van der Waals surface area contributed by atoms with Crippen LogP contribution in [0.4, 0.5) is 0 Å². The van der Waals surface area contributed by atoms with Crippen LogP contribution in [0.15, 0.2) is 0 Å². The van der Waals surface area contributed by atoms with Crippen molar-refractivity contribution in [3.8, 4) is 0 Å². The van der Waals surface area contributed by atoms with Gasteiger partial charge in [-0.3, -0.25) is 4.79 Å². The minimum atomic E-state index is -0.745. The Morgan fingerprint density at radius 2 is 2.11 bits per heavy atom. The van der Waals surface area contributed by atoms with Crippen LogP contribution in [0.2, 0.25) is 0 Å². The number of nitrogens with zero attached hydrogens (tertiary/aromatic N) is 1. The number of nitrogens with two attached hydrogens (primary N) is 1. The SMILES string of the molecule is CCOC1CC(N)(C(=O)N2CCCC2C)C1(C)C.Cl. The molecule has 2 N–H and O–H groups in total. The Kier molecular flexibility index (Phi) is 4.92. The Labute approximate surface area is 122 Å². The molecule has 112 valence electrons. The Bertz CT molecular complexity index is 348.